The number of fused-ring (bicyclic) bond motifs is 2. The Labute approximate surface area is 236 Å². The summed E-state index contributed by atoms with van der Waals surface area (Å²) in [6.07, 6.45) is 4.56. The molecule has 0 bridgehead atoms. The van der Waals surface area contributed by atoms with Crippen LogP contribution in [0.2, 0.25) is 5.02 Å². The molecular formula is C26H24ClF2N7O3S. The maximum atomic E-state index is 13.7. The van der Waals surface area contributed by atoms with Crippen molar-refractivity contribution in [2.24, 2.45) is 11.3 Å². The third kappa shape index (κ3) is 4.78. The number of aromatic nitrogens is 4. The van der Waals surface area contributed by atoms with Gasteiger partial charge in [-0.2, -0.15) is 13.9 Å². The van der Waals surface area contributed by atoms with Crippen molar-refractivity contribution < 1.29 is 23.1 Å². The van der Waals surface area contributed by atoms with E-state index in [9.17, 15) is 18.4 Å². The Balaban J connectivity index is 1.38. The highest BCUT2D eigenvalue weighted by Gasteiger charge is 2.49. The number of anilines is 1. The van der Waals surface area contributed by atoms with Gasteiger partial charge in [0, 0.05) is 54.6 Å². The highest BCUT2D eigenvalue weighted by atomic mass is 35.5. The highest BCUT2D eigenvalue weighted by molar-refractivity contribution is 7.18. The molecule has 40 heavy (non-hydrogen) atoms. The van der Waals surface area contributed by atoms with Crippen molar-refractivity contribution in [3.63, 3.8) is 0 Å². The standard InChI is InChI=1S/C26H24ClF2N7O3S/c1-26-12-34(2)10-14(26)11-35(13-26)24(38)23-32-19(16-8-15(27)4-5-18(16)39-25(28)29)22(40-23)33-21(37)17-9-31-36-7-3-6-30-20(17)36/h3-9,14,25H,10-13H2,1-2H3,(H,33,37)/t14-,26+/m0/s1. The molecule has 0 spiro atoms. The maximum Gasteiger partial charge on any atom is 0.387 e. The molecule has 4 aromatic rings. The van der Waals surface area contributed by atoms with Crippen molar-refractivity contribution in [1.82, 2.24) is 29.4 Å². The van der Waals surface area contributed by atoms with E-state index < -0.39 is 12.5 Å². The number of ether oxygens (including phenoxy) is 1. The van der Waals surface area contributed by atoms with Crippen LogP contribution >= 0.6 is 22.9 Å². The Morgan fingerprint density at radius 3 is 2.88 bits per heavy atom. The smallest absolute Gasteiger partial charge is 0.387 e. The van der Waals surface area contributed by atoms with E-state index in [2.05, 4.69) is 39.3 Å². The van der Waals surface area contributed by atoms with E-state index in [0.29, 0.717) is 24.7 Å². The molecule has 0 aliphatic carbocycles. The molecule has 2 atom stereocenters. The van der Waals surface area contributed by atoms with Crippen LogP contribution in [0, 0.1) is 11.3 Å². The largest absolute Gasteiger partial charge is 0.434 e. The molecule has 5 heterocycles. The molecule has 6 rings (SSSR count). The van der Waals surface area contributed by atoms with E-state index in [4.69, 9.17) is 16.3 Å². The second kappa shape index (κ2) is 10.1. The van der Waals surface area contributed by atoms with E-state index in [1.165, 1.54) is 35.1 Å². The van der Waals surface area contributed by atoms with Crippen LogP contribution in [0.25, 0.3) is 16.9 Å². The lowest BCUT2D eigenvalue weighted by Crippen LogP contribution is -2.34. The van der Waals surface area contributed by atoms with Crippen molar-refractivity contribution in [2.45, 2.75) is 13.5 Å². The number of hydrogen-bond donors (Lipinski definition) is 1. The molecule has 1 N–H and O–H groups in total. The highest BCUT2D eigenvalue weighted by Crippen LogP contribution is 2.44. The molecule has 0 unspecified atom stereocenters. The number of rotatable bonds is 6. The van der Waals surface area contributed by atoms with Gasteiger partial charge >= 0.3 is 6.61 Å². The number of halogens is 3. The number of carbonyl (C=O) groups excluding carboxylic acids is 2. The van der Waals surface area contributed by atoms with Gasteiger partial charge in [-0.3, -0.25) is 9.59 Å². The number of thiazole rings is 1. The molecule has 14 heteroatoms. The molecule has 2 aliphatic rings. The molecule has 1 aromatic carbocycles. The number of amides is 2. The van der Waals surface area contributed by atoms with Crippen molar-refractivity contribution in [3.05, 3.63) is 58.4 Å². The zero-order valence-electron chi connectivity index (χ0n) is 21.5. The van der Waals surface area contributed by atoms with Gasteiger partial charge in [0.15, 0.2) is 10.7 Å². The number of hydrogen-bond acceptors (Lipinski definition) is 8. The molecule has 2 saturated heterocycles. The zero-order valence-corrected chi connectivity index (χ0v) is 23.0. The average molecular weight is 588 g/mol. The van der Waals surface area contributed by atoms with Gasteiger partial charge in [-0.15, -0.1) is 0 Å². The molecule has 2 amide bonds. The monoisotopic (exact) mass is 587 g/mol. The summed E-state index contributed by atoms with van der Waals surface area (Å²) in [5, 5.41) is 7.46. The second-order valence-corrected chi connectivity index (χ2v) is 11.8. The van der Waals surface area contributed by atoms with Gasteiger partial charge in [0.2, 0.25) is 0 Å². The molecular weight excluding hydrogens is 564 g/mol. The molecule has 2 aliphatic heterocycles. The van der Waals surface area contributed by atoms with Crippen LogP contribution in [0.3, 0.4) is 0 Å². The molecule has 0 radical (unpaired) electrons. The first kappa shape index (κ1) is 26.5. The molecule has 10 nitrogen and oxygen atoms in total. The van der Waals surface area contributed by atoms with Crippen molar-refractivity contribution in [3.8, 4) is 17.0 Å². The fraction of sp³-hybridized carbons (Fsp3) is 0.346. The molecule has 3 aromatic heterocycles. The SMILES string of the molecule is CN1C[C@H]2CN(C(=O)c3nc(-c4cc(Cl)ccc4OC(F)F)c(NC(=O)c4cnn5cccnc45)s3)C[C@@]2(C)C1. The maximum absolute atomic E-state index is 13.7. The van der Waals surface area contributed by atoms with Gasteiger partial charge in [0.25, 0.3) is 11.8 Å². The van der Waals surface area contributed by atoms with Crippen LogP contribution < -0.4 is 10.1 Å². The Kier molecular flexibility index (Phi) is 6.67. The van der Waals surface area contributed by atoms with Gasteiger partial charge in [-0.25, -0.2) is 14.5 Å². The topological polar surface area (TPSA) is 105 Å². The molecule has 2 fully saturated rings. The quantitative estimate of drug-likeness (QED) is 0.357. The van der Waals surface area contributed by atoms with E-state index in [0.717, 1.165) is 24.4 Å². The van der Waals surface area contributed by atoms with Crippen LogP contribution in [-0.4, -0.2) is 81.0 Å². The summed E-state index contributed by atoms with van der Waals surface area (Å²) >= 11 is 7.17. The lowest BCUT2D eigenvalue weighted by Gasteiger charge is -2.23. The fourth-order valence-corrected chi connectivity index (χ4v) is 6.76. The van der Waals surface area contributed by atoms with E-state index in [1.807, 2.05) is 0 Å². The summed E-state index contributed by atoms with van der Waals surface area (Å²) in [5.74, 6) is -0.700. The third-order valence-electron chi connectivity index (χ3n) is 7.40. The van der Waals surface area contributed by atoms with Crippen LogP contribution in [0.15, 0.2) is 42.9 Å². The Morgan fingerprint density at radius 1 is 1.27 bits per heavy atom. The summed E-state index contributed by atoms with van der Waals surface area (Å²) in [6.45, 7) is 2.01. The van der Waals surface area contributed by atoms with Crippen LogP contribution in [0.5, 0.6) is 5.75 Å². The molecule has 208 valence electrons. The van der Waals surface area contributed by atoms with E-state index >= 15 is 0 Å². The third-order valence-corrected chi connectivity index (χ3v) is 8.60. The number of benzene rings is 1. The summed E-state index contributed by atoms with van der Waals surface area (Å²) < 4.78 is 32.7. The average Bonchev–Trinajstić information content (AvgIpc) is 3.64. The fourth-order valence-electron chi connectivity index (χ4n) is 5.64. The summed E-state index contributed by atoms with van der Waals surface area (Å²) in [7, 11) is 2.07. The summed E-state index contributed by atoms with van der Waals surface area (Å²) in [6, 6.07) is 5.79. The minimum atomic E-state index is -3.11. The van der Waals surface area contributed by atoms with Crippen LogP contribution in [-0.2, 0) is 0 Å². The number of nitrogens with one attached hydrogen (secondary N) is 1. The first-order chi connectivity index (χ1) is 19.1. The summed E-state index contributed by atoms with van der Waals surface area (Å²) in [5.41, 5.74) is 0.697. The Bertz CT molecular complexity index is 1630. The van der Waals surface area contributed by atoms with Crippen molar-refractivity contribution >= 4 is 45.4 Å². The lowest BCUT2D eigenvalue weighted by atomic mass is 9.83. The number of likely N-dealkylation sites (tertiary alicyclic amines) is 2. The Hall–Kier alpha value is -3.68. The first-order valence-corrected chi connectivity index (χ1v) is 13.6. The normalized spacial score (nSPS) is 20.9. The second-order valence-electron chi connectivity index (χ2n) is 10.3. The predicted octanol–water partition coefficient (Wildman–Crippen LogP) is 4.38. The minimum Gasteiger partial charge on any atom is -0.434 e. The predicted molar refractivity (Wildman–Crippen MR) is 145 cm³/mol. The van der Waals surface area contributed by atoms with Crippen LogP contribution in [0.4, 0.5) is 13.8 Å². The lowest BCUT2D eigenvalue weighted by molar-refractivity contribution is -0.0494. The van der Waals surface area contributed by atoms with Crippen molar-refractivity contribution in [1.29, 1.82) is 0 Å². The van der Waals surface area contributed by atoms with E-state index in [-0.39, 0.29) is 48.9 Å². The van der Waals surface area contributed by atoms with Gasteiger partial charge in [-0.1, -0.05) is 29.9 Å². The zero-order chi connectivity index (χ0) is 28.2. The van der Waals surface area contributed by atoms with Gasteiger partial charge in [-0.05, 0) is 37.2 Å². The number of alkyl halides is 2. The van der Waals surface area contributed by atoms with Gasteiger partial charge in [0.05, 0.1) is 6.20 Å². The van der Waals surface area contributed by atoms with E-state index in [1.54, 1.807) is 17.2 Å². The number of nitrogens with zero attached hydrogens (tertiary/aromatic N) is 6. The minimum absolute atomic E-state index is 0.0245. The Morgan fingerprint density at radius 2 is 2.10 bits per heavy atom. The van der Waals surface area contributed by atoms with Gasteiger partial charge < -0.3 is 19.9 Å². The molecule has 0 saturated carbocycles. The van der Waals surface area contributed by atoms with Crippen molar-refractivity contribution in [2.75, 3.05) is 38.5 Å². The number of carbonyl (C=O) groups is 2. The van der Waals surface area contributed by atoms with Gasteiger partial charge in [0.1, 0.15) is 22.0 Å². The first-order valence-electron chi connectivity index (χ1n) is 12.4. The van der Waals surface area contributed by atoms with Crippen LogP contribution in [0.1, 0.15) is 27.1 Å². The summed E-state index contributed by atoms with van der Waals surface area (Å²) in [4.78, 5) is 39.8.